The molecule has 11 heavy (non-hydrogen) atoms. The summed E-state index contributed by atoms with van der Waals surface area (Å²) in [5, 5.41) is 0. The second-order valence-corrected chi connectivity index (χ2v) is 4.16. The van der Waals surface area contributed by atoms with Crippen LogP contribution in [0.1, 0.15) is 40.0 Å². The second kappa shape index (κ2) is 3.98. The minimum absolute atomic E-state index is 0. The molecule has 1 aliphatic heterocycles. The Bertz CT molecular complexity index is 123. The molecule has 0 aromatic heterocycles. The molecule has 1 heterocycles. The smallest absolute Gasteiger partial charge is 0.0153 e. The number of hydrogen-bond acceptors (Lipinski definition) is 1. The van der Waals surface area contributed by atoms with Gasteiger partial charge in [0.05, 0.1) is 0 Å². The molecule has 1 radical (unpaired) electrons. The Labute approximate surface area is 82.7 Å². The maximum Gasteiger partial charge on any atom is 0.0153 e. The molecule has 1 unspecified atom stereocenters. The normalized spacial score (nSPS) is 31.1. The minimum atomic E-state index is 0. The maximum absolute atomic E-state index is 2.50. The Balaban J connectivity index is 0.000001000. The van der Waals surface area contributed by atoms with Crippen LogP contribution in [0.2, 0.25) is 0 Å². The van der Waals surface area contributed by atoms with E-state index in [-0.39, 0.29) is 18.9 Å². The molecule has 1 fully saturated rings. The molecular weight excluding hydrogens is 129 g/mol. The third kappa shape index (κ3) is 2.51. The zero-order valence-corrected chi connectivity index (χ0v) is 8.65. The van der Waals surface area contributed by atoms with Gasteiger partial charge in [-0.15, -0.1) is 0 Å². The summed E-state index contributed by atoms with van der Waals surface area (Å²) >= 11 is 0. The fraction of sp³-hybridized carbons (Fsp3) is 1.00. The Hall–Kier alpha value is 0.557. The van der Waals surface area contributed by atoms with Crippen LogP contribution in [-0.2, 0) is 0 Å². The molecule has 0 bridgehead atoms. The van der Waals surface area contributed by atoms with Gasteiger partial charge in [0.2, 0.25) is 0 Å². The van der Waals surface area contributed by atoms with Crippen molar-refractivity contribution in [1.82, 2.24) is 4.90 Å². The average molecular weight is 148 g/mol. The van der Waals surface area contributed by atoms with E-state index in [1.807, 2.05) is 0 Å². The first-order valence-corrected chi connectivity index (χ1v) is 4.27. The van der Waals surface area contributed by atoms with Crippen LogP contribution in [0.4, 0.5) is 0 Å². The average Bonchev–Trinajstić information content (AvgIpc) is 1.83. The molecule has 1 rings (SSSR count). The van der Waals surface area contributed by atoms with E-state index in [1.54, 1.807) is 0 Å². The second-order valence-electron chi connectivity index (χ2n) is 4.16. The molecule has 61 valence electrons. The summed E-state index contributed by atoms with van der Waals surface area (Å²) in [6, 6.07) is 0.781. The summed E-state index contributed by atoms with van der Waals surface area (Å²) in [7, 11) is 2.24. The first kappa shape index (κ1) is 11.6. The molecule has 0 aliphatic carbocycles. The SMILES string of the molecule is CC1CCCC(C)(C)N1C.[Li]. The Kier molecular flexibility index (Phi) is 4.19. The van der Waals surface area contributed by atoms with Crippen LogP contribution in [0.25, 0.3) is 0 Å². The molecule has 0 spiro atoms. The Morgan fingerprint density at radius 2 is 1.91 bits per heavy atom. The molecule has 0 N–H and O–H groups in total. The molecule has 0 aromatic rings. The van der Waals surface area contributed by atoms with Crippen LogP contribution in [0, 0.1) is 0 Å². The molecule has 2 heteroatoms. The third-order valence-electron chi connectivity index (χ3n) is 3.03. The molecule has 0 saturated carbocycles. The summed E-state index contributed by atoms with van der Waals surface area (Å²) in [6.07, 6.45) is 4.13. The number of rotatable bonds is 0. The molecule has 1 aliphatic rings. The van der Waals surface area contributed by atoms with Gasteiger partial charge in [-0.1, -0.05) is 6.42 Å². The zero-order valence-electron chi connectivity index (χ0n) is 8.65. The Morgan fingerprint density at radius 1 is 1.36 bits per heavy atom. The molecular formula is C9H19LiN. The zero-order chi connectivity index (χ0) is 7.78. The van der Waals surface area contributed by atoms with Crippen molar-refractivity contribution in [2.75, 3.05) is 7.05 Å². The summed E-state index contributed by atoms with van der Waals surface area (Å²) in [4.78, 5) is 2.50. The predicted molar refractivity (Wildman–Crippen MR) is 50.9 cm³/mol. The van der Waals surface area contributed by atoms with Crippen molar-refractivity contribution in [3.63, 3.8) is 0 Å². The van der Waals surface area contributed by atoms with Gasteiger partial charge >= 0.3 is 0 Å². The van der Waals surface area contributed by atoms with Gasteiger partial charge in [0.15, 0.2) is 0 Å². The monoisotopic (exact) mass is 148 g/mol. The maximum atomic E-state index is 2.50. The van der Waals surface area contributed by atoms with Gasteiger partial charge in [-0.25, -0.2) is 0 Å². The van der Waals surface area contributed by atoms with Crippen molar-refractivity contribution < 1.29 is 0 Å². The predicted octanol–water partition coefficient (Wildman–Crippen LogP) is 1.89. The molecule has 1 nitrogen and oxygen atoms in total. The topological polar surface area (TPSA) is 3.24 Å². The van der Waals surface area contributed by atoms with Crippen molar-refractivity contribution in [2.24, 2.45) is 0 Å². The molecule has 0 amide bonds. The molecule has 1 saturated heterocycles. The standard InChI is InChI=1S/C9H19N.Li/c1-8-6-5-7-9(2,3)10(8)4;/h8H,5-7H2,1-4H3;. The fourth-order valence-electron chi connectivity index (χ4n) is 1.80. The van der Waals surface area contributed by atoms with Crippen molar-refractivity contribution >= 4 is 18.9 Å². The van der Waals surface area contributed by atoms with Gasteiger partial charge < -0.3 is 0 Å². The van der Waals surface area contributed by atoms with Crippen molar-refractivity contribution in [3.8, 4) is 0 Å². The van der Waals surface area contributed by atoms with Crippen LogP contribution >= 0.6 is 0 Å². The van der Waals surface area contributed by atoms with Crippen LogP contribution in [-0.4, -0.2) is 42.4 Å². The van der Waals surface area contributed by atoms with Gasteiger partial charge in [0, 0.05) is 30.4 Å². The first-order chi connectivity index (χ1) is 4.54. The van der Waals surface area contributed by atoms with Gasteiger partial charge in [-0.3, -0.25) is 4.90 Å². The summed E-state index contributed by atoms with van der Waals surface area (Å²) < 4.78 is 0. The number of piperidine rings is 1. The third-order valence-corrected chi connectivity index (χ3v) is 3.03. The van der Waals surface area contributed by atoms with E-state index in [9.17, 15) is 0 Å². The fourth-order valence-corrected chi connectivity index (χ4v) is 1.80. The van der Waals surface area contributed by atoms with Gasteiger partial charge in [0.25, 0.3) is 0 Å². The first-order valence-electron chi connectivity index (χ1n) is 4.27. The van der Waals surface area contributed by atoms with E-state index in [2.05, 4.69) is 32.7 Å². The van der Waals surface area contributed by atoms with Crippen LogP contribution in [0.15, 0.2) is 0 Å². The van der Waals surface area contributed by atoms with Crippen molar-refractivity contribution in [2.45, 2.75) is 51.6 Å². The van der Waals surface area contributed by atoms with E-state index in [0.29, 0.717) is 5.54 Å². The minimum Gasteiger partial charge on any atom is -0.299 e. The molecule has 1 atom stereocenters. The van der Waals surface area contributed by atoms with Crippen molar-refractivity contribution in [3.05, 3.63) is 0 Å². The quantitative estimate of drug-likeness (QED) is 0.474. The van der Waals surface area contributed by atoms with Gasteiger partial charge in [-0.05, 0) is 40.7 Å². The Morgan fingerprint density at radius 3 is 2.27 bits per heavy atom. The summed E-state index contributed by atoms with van der Waals surface area (Å²) in [6.45, 7) is 6.99. The number of nitrogens with zero attached hydrogens (tertiary/aromatic N) is 1. The number of hydrogen-bond donors (Lipinski definition) is 0. The van der Waals surface area contributed by atoms with E-state index in [4.69, 9.17) is 0 Å². The van der Waals surface area contributed by atoms with Crippen LogP contribution in [0.3, 0.4) is 0 Å². The largest absolute Gasteiger partial charge is 0.299 e. The van der Waals surface area contributed by atoms with Crippen LogP contribution < -0.4 is 0 Å². The summed E-state index contributed by atoms with van der Waals surface area (Å²) in [5.41, 5.74) is 0.442. The van der Waals surface area contributed by atoms with Gasteiger partial charge in [-0.2, -0.15) is 0 Å². The molecule has 0 aromatic carbocycles. The summed E-state index contributed by atoms with van der Waals surface area (Å²) in [5.74, 6) is 0. The van der Waals surface area contributed by atoms with E-state index in [0.717, 1.165) is 6.04 Å². The van der Waals surface area contributed by atoms with E-state index in [1.165, 1.54) is 19.3 Å². The van der Waals surface area contributed by atoms with E-state index < -0.39 is 0 Å². The van der Waals surface area contributed by atoms with Crippen molar-refractivity contribution in [1.29, 1.82) is 0 Å². The van der Waals surface area contributed by atoms with Gasteiger partial charge in [0.1, 0.15) is 0 Å². The number of likely N-dealkylation sites (tertiary alicyclic amines) is 1. The van der Waals surface area contributed by atoms with E-state index >= 15 is 0 Å². The van der Waals surface area contributed by atoms with Crippen LogP contribution in [0.5, 0.6) is 0 Å².